The highest BCUT2D eigenvalue weighted by Gasteiger charge is 2.46. The predicted molar refractivity (Wildman–Crippen MR) is 146 cm³/mol. The number of benzene rings is 2. The first-order chi connectivity index (χ1) is 18.0. The molecule has 0 heterocycles. The van der Waals surface area contributed by atoms with Crippen molar-refractivity contribution in [3.8, 4) is 11.1 Å². The Morgan fingerprint density at radius 2 is 1.11 bits per heavy atom. The van der Waals surface area contributed by atoms with Crippen LogP contribution in [0.4, 0.5) is 0 Å². The van der Waals surface area contributed by atoms with Crippen LogP contribution in [0, 0.1) is 23.7 Å². The average Bonchev–Trinajstić information content (AvgIpc) is 2.93. The summed E-state index contributed by atoms with van der Waals surface area (Å²) in [6.07, 6.45) is 14.8. The van der Waals surface area contributed by atoms with E-state index in [-0.39, 0.29) is 41.1 Å². The smallest absolute Gasteiger partial charge is 0.119 e. The molecule has 37 heavy (non-hydrogen) atoms. The van der Waals surface area contributed by atoms with Crippen molar-refractivity contribution in [1.29, 1.82) is 0 Å². The first-order valence-electron chi connectivity index (χ1n) is 13.1. The van der Waals surface area contributed by atoms with Gasteiger partial charge in [-0.2, -0.15) is 0 Å². The van der Waals surface area contributed by atoms with Gasteiger partial charge in [-0.05, 0) is 70.6 Å². The second kappa shape index (κ2) is 9.70. The van der Waals surface area contributed by atoms with Crippen molar-refractivity contribution in [3.63, 3.8) is 0 Å². The van der Waals surface area contributed by atoms with Gasteiger partial charge in [-0.15, -0.1) is 0 Å². The number of allylic oxidation sites excluding steroid dienone is 8. The summed E-state index contributed by atoms with van der Waals surface area (Å²) in [4.78, 5) is 0. The second-order valence-electron chi connectivity index (χ2n) is 10.5. The van der Waals surface area contributed by atoms with Gasteiger partial charge in [-0.25, -0.2) is 0 Å². The van der Waals surface area contributed by atoms with Gasteiger partial charge in [-0.3, -0.25) is 0 Å². The van der Waals surface area contributed by atoms with Crippen LogP contribution in [0.5, 0.6) is 0 Å². The number of aliphatic hydroxyl groups excluding tert-OH is 4. The second-order valence-corrected chi connectivity index (χ2v) is 10.5. The topological polar surface area (TPSA) is 80.9 Å². The molecule has 2 aromatic carbocycles. The van der Waals surface area contributed by atoms with Crippen LogP contribution in [-0.4, -0.2) is 32.6 Å². The third-order valence-corrected chi connectivity index (χ3v) is 8.61. The summed E-state index contributed by atoms with van der Waals surface area (Å²) < 4.78 is 0. The summed E-state index contributed by atoms with van der Waals surface area (Å²) in [5, 5.41) is 44.1. The van der Waals surface area contributed by atoms with Gasteiger partial charge in [0, 0.05) is 11.8 Å². The van der Waals surface area contributed by atoms with E-state index in [9.17, 15) is 20.4 Å². The first kappa shape index (κ1) is 23.8. The van der Waals surface area contributed by atoms with Crippen LogP contribution in [0.3, 0.4) is 0 Å². The van der Waals surface area contributed by atoms with Gasteiger partial charge in [0.15, 0.2) is 0 Å². The zero-order valence-electron chi connectivity index (χ0n) is 20.6. The highest BCUT2D eigenvalue weighted by atomic mass is 16.3. The highest BCUT2D eigenvalue weighted by molar-refractivity contribution is 5.63. The third kappa shape index (κ3) is 4.20. The van der Waals surface area contributed by atoms with Gasteiger partial charge in [0.05, 0.1) is 12.2 Å². The molecule has 0 bridgehead atoms. The van der Waals surface area contributed by atoms with E-state index < -0.39 is 12.2 Å². The van der Waals surface area contributed by atoms with E-state index in [0.717, 1.165) is 27.8 Å². The van der Waals surface area contributed by atoms with Crippen LogP contribution in [0.2, 0.25) is 0 Å². The van der Waals surface area contributed by atoms with E-state index in [4.69, 9.17) is 0 Å². The zero-order valence-corrected chi connectivity index (χ0v) is 20.6. The van der Waals surface area contributed by atoms with Crippen LogP contribution in [-0.2, 0) is 0 Å². The maximum atomic E-state index is 11.6. The van der Waals surface area contributed by atoms with Crippen molar-refractivity contribution in [2.24, 2.45) is 23.7 Å². The minimum atomic E-state index is -0.696. The van der Waals surface area contributed by atoms with Crippen molar-refractivity contribution < 1.29 is 20.4 Å². The Morgan fingerprint density at radius 1 is 0.622 bits per heavy atom. The summed E-state index contributed by atoms with van der Waals surface area (Å²) in [5.41, 5.74) is 4.91. The van der Waals surface area contributed by atoms with Gasteiger partial charge in [-0.1, -0.05) is 91.1 Å². The van der Waals surface area contributed by atoms with Crippen molar-refractivity contribution in [2.45, 2.75) is 31.0 Å². The molecule has 0 aliphatic heterocycles. The number of hydrogen-bond acceptors (Lipinski definition) is 4. The minimum Gasteiger partial charge on any atom is -0.508 e. The molecule has 0 saturated heterocycles. The van der Waals surface area contributed by atoms with Crippen molar-refractivity contribution in [3.05, 3.63) is 131 Å². The molecule has 4 N–H and O–H groups in total. The lowest BCUT2D eigenvalue weighted by molar-refractivity contribution is 0.00327. The molecule has 0 fully saturated rings. The Labute approximate surface area is 217 Å². The fraction of sp³-hybridized carbons (Fsp3) is 0.273. The molecular formula is C33H32O4. The van der Waals surface area contributed by atoms with Gasteiger partial charge >= 0.3 is 0 Å². The molecule has 0 saturated carbocycles. The summed E-state index contributed by atoms with van der Waals surface area (Å²) in [7, 11) is 0. The molecule has 2 aromatic rings. The van der Waals surface area contributed by atoms with E-state index in [1.807, 2.05) is 42.5 Å². The lowest BCUT2D eigenvalue weighted by Gasteiger charge is -2.45. The molecule has 4 aliphatic rings. The van der Waals surface area contributed by atoms with Crippen LogP contribution in [0.15, 0.2) is 126 Å². The largest absolute Gasteiger partial charge is 0.508 e. The predicted octanol–water partition coefficient (Wildman–Crippen LogP) is 6.31. The Morgan fingerprint density at radius 3 is 1.62 bits per heavy atom. The Hall–Kier alpha value is -3.60. The number of aliphatic hydroxyl groups is 4. The SMILES string of the molecule is OC1=CC=C[C@@H]2C1=CC[C@H](C(c1ccc(-c3ccccc3)cc1)[C@@H]1CC=C3C(O)=CC=C[C@@H]3C1O)C2O. The van der Waals surface area contributed by atoms with Gasteiger partial charge in [0.1, 0.15) is 11.5 Å². The first-order valence-corrected chi connectivity index (χ1v) is 13.1. The van der Waals surface area contributed by atoms with Crippen molar-refractivity contribution in [1.82, 2.24) is 0 Å². The maximum Gasteiger partial charge on any atom is 0.119 e. The molecule has 0 radical (unpaired) electrons. The molecule has 3 unspecified atom stereocenters. The van der Waals surface area contributed by atoms with Gasteiger partial charge in [0.25, 0.3) is 0 Å². The van der Waals surface area contributed by atoms with E-state index in [2.05, 4.69) is 36.4 Å². The van der Waals surface area contributed by atoms with Gasteiger partial charge < -0.3 is 20.4 Å². The maximum absolute atomic E-state index is 11.6. The molecule has 0 amide bonds. The molecule has 0 spiro atoms. The lowest BCUT2D eigenvalue weighted by Crippen LogP contribution is -2.44. The summed E-state index contributed by atoms with van der Waals surface area (Å²) in [6.45, 7) is 0. The molecule has 6 rings (SSSR count). The third-order valence-electron chi connectivity index (χ3n) is 8.61. The van der Waals surface area contributed by atoms with Crippen molar-refractivity contribution in [2.75, 3.05) is 0 Å². The summed E-state index contributed by atoms with van der Waals surface area (Å²) >= 11 is 0. The molecule has 7 atom stereocenters. The monoisotopic (exact) mass is 492 g/mol. The molecule has 0 aromatic heterocycles. The zero-order chi connectivity index (χ0) is 25.5. The van der Waals surface area contributed by atoms with Crippen LogP contribution in [0.25, 0.3) is 11.1 Å². The van der Waals surface area contributed by atoms with Gasteiger partial charge in [0.2, 0.25) is 0 Å². The summed E-state index contributed by atoms with van der Waals surface area (Å²) in [6, 6.07) is 18.7. The van der Waals surface area contributed by atoms with Crippen LogP contribution < -0.4 is 0 Å². The number of hydrogen-bond donors (Lipinski definition) is 4. The van der Waals surface area contributed by atoms with Crippen LogP contribution >= 0.6 is 0 Å². The average molecular weight is 493 g/mol. The van der Waals surface area contributed by atoms with E-state index in [1.54, 1.807) is 24.3 Å². The van der Waals surface area contributed by atoms with E-state index in [0.29, 0.717) is 12.8 Å². The normalized spacial score (nSPS) is 31.3. The highest BCUT2D eigenvalue weighted by Crippen LogP contribution is 2.50. The van der Waals surface area contributed by atoms with E-state index >= 15 is 0 Å². The van der Waals surface area contributed by atoms with Crippen LogP contribution in [0.1, 0.15) is 24.3 Å². The minimum absolute atomic E-state index is 0.117. The summed E-state index contributed by atoms with van der Waals surface area (Å²) in [5.74, 6) is -0.515. The Balaban J connectivity index is 1.40. The number of rotatable bonds is 4. The molecule has 4 heteroatoms. The quantitative estimate of drug-likeness (QED) is 0.403. The Kier molecular flexibility index (Phi) is 6.23. The molecular weight excluding hydrogens is 460 g/mol. The molecule has 4 nitrogen and oxygen atoms in total. The van der Waals surface area contributed by atoms with Crippen molar-refractivity contribution >= 4 is 0 Å². The molecule has 188 valence electrons. The fourth-order valence-electron chi connectivity index (χ4n) is 6.75. The van der Waals surface area contributed by atoms with E-state index in [1.165, 1.54) is 0 Å². The lowest BCUT2D eigenvalue weighted by atomic mass is 9.61. The standard InChI is InChI=1S/C33H32O4/c34-29-10-4-8-25-23(29)16-18-27(32(25)36)31(22-14-12-21(13-15-22)20-6-2-1-3-7-20)28-19-17-24-26(33(28)37)9-5-11-30(24)35/h1-17,25-28,31-37H,18-19H2/t25-,26+,27-,28+,31?,32?,33?. The number of fused-ring (bicyclic) bond motifs is 2. The fourth-order valence-corrected chi connectivity index (χ4v) is 6.75. The molecule has 4 aliphatic carbocycles. The Bertz CT molecular complexity index is 1280.